The van der Waals surface area contributed by atoms with Gasteiger partial charge in [0.25, 0.3) is 0 Å². The van der Waals surface area contributed by atoms with Crippen molar-refractivity contribution in [3.8, 4) is 0 Å². The molecule has 4 unspecified atom stereocenters. The molecule has 4 atom stereocenters. The number of rotatable bonds is 14. The molecular weight excluding hydrogens is 596 g/mol. The molecule has 5 aromatic rings. The standard InChI is InChI=1S/C31H34N8O5S/c32-22(9-17-12-34-23-7-3-1-5-20(17)23)28(40)37-26(11-19-14-33-16-36-19)30(42)38-25(29(41)39-27(15-45)31(43)44)10-18-13-35-24-8-4-2-6-21(18)24/h1-8,12-14,16,22,25-27,34-35,45H,9-11,15,32H2,(H,33,36)(H,37,40)(H,38,42)(H,39,41)(H,43,44). The minimum Gasteiger partial charge on any atom is -0.480 e. The van der Waals surface area contributed by atoms with E-state index < -0.39 is 47.9 Å². The van der Waals surface area contributed by atoms with Gasteiger partial charge < -0.3 is 41.7 Å². The Labute approximate surface area is 263 Å². The number of benzene rings is 2. The van der Waals surface area contributed by atoms with Gasteiger partial charge in [0.05, 0.1) is 12.4 Å². The van der Waals surface area contributed by atoms with Gasteiger partial charge in [-0.3, -0.25) is 14.4 Å². The van der Waals surface area contributed by atoms with Gasteiger partial charge in [-0.05, 0) is 29.7 Å². The van der Waals surface area contributed by atoms with Crippen LogP contribution in [0.4, 0.5) is 0 Å². The molecular formula is C31H34N8O5S. The number of para-hydroxylation sites is 2. The number of aromatic nitrogens is 4. The molecule has 14 heteroatoms. The van der Waals surface area contributed by atoms with E-state index in [1.54, 1.807) is 12.4 Å². The fraction of sp³-hybridized carbons (Fsp3) is 0.258. The molecule has 13 nitrogen and oxygen atoms in total. The van der Waals surface area contributed by atoms with Crippen molar-refractivity contribution < 1.29 is 24.3 Å². The maximum absolute atomic E-state index is 13.8. The van der Waals surface area contributed by atoms with Crippen molar-refractivity contribution >= 4 is 58.1 Å². The van der Waals surface area contributed by atoms with Crippen LogP contribution in [0.15, 0.2) is 73.4 Å². The fourth-order valence-corrected chi connectivity index (χ4v) is 5.44. The van der Waals surface area contributed by atoms with Crippen LogP contribution in [0.5, 0.6) is 0 Å². The molecule has 5 rings (SSSR count). The van der Waals surface area contributed by atoms with Gasteiger partial charge >= 0.3 is 5.97 Å². The molecule has 234 valence electrons. The van der Waals surface area contributed by atoms with Crippen molar-refractivity contribution in [2.75, 3.05) is 5.75 Å². The largest absolute Gasteiger partial charge is 0.480 e. The van der Waals surface area contributed by atoms with E-state index in [1.807, 2.05) is 48.5 Å². The lowest BCUT2D eigenvalue weighted by Crippen LogP contribution is -2.58. The number of thiol groups is 1. The average molecular weight is 631 g/mol. The van der Waals surface area contributed by atoms with E-state index in [-0.39, 0.29) is 25.0 Å². The number of amides is 3. The molecule has 3 amide bonds. The van der Waals surface area contributed by atoms with Gasteiger partial charge in [-0.2, -0.15) is 12.6 Å². The first kappa shape index (κ1) is 31.3. The van der Waals surface area contributed by atoms with E-state index in [0.29, 0.717) is 5.69 Å². The Balaban J connectivity index is 1.36. The quantitative estimate of drug-likeness (QED) is 0.0818. The van der Waals surface area contributed by atoms with Gasteiger partial charge in [0.1, 0.15) is 18.1 Å². The average Bonchev–Trinajstić information content (AvgIpc) is 3.80. The summed E-state index contributed by atoms with van der Waals surface area (Å²) in [4.78, 5) is 65.4. The second-order valence-electron chi connectivity index (χ2n) is 10.7. The zero-order chi connectivity index (χ0) is 31.9. The van der Waals surface area contributed by atoms with Gasteiger partial charge in [0, 0.05) is 64.7 Å². The number of nitrogens with two attached hydrogens (primary N) is 1. The van der Waals surface area contributed by atoms with Gasteiger partial charge in [0.2, 0.25) is 17.7 Å². The van der Waals surface area contributed by atoms with Crippen molar-refractivity contribution in [3.05, 3.63) is 90.3 Å². The van der Waals surface area contributed by atoms with Gasteiger partial charge in [-0.1, -0.05) is 36.4 Å². The van der Waals surface area contributed by atoms with Crippen LogP contribution in [0.25, 0.3) is 21.8 Å². The Bertz CT molecular complexity index is 1800. The summed E-state index contributed by atoms with van der Waals surface area (Å²) in [5.74, 6) is -3.34. The van der Waals surface area contributed by atoms with E-state index in [0.717, 1.165) is 32.9 Å². The highest BCUT2D eigenvalue weighted by molar-refractivity contribution is 7.80. The molecule has 3 aromatic heterocycles. The predicted molar refractivity (Wildman–Crippen MR) is 172 cm³/mol. The number of carbonyl (C=O) groups is 4. The number of carboxylic acids is 1. The minimum atomic E-state index is -1.27. The molecule has 9 N–H and O–H groups in total. The summed E-state index contributed by atoms with van der Waals surface area (Å²) in [5, 5.41) is 19.2. The first-order valence-electron chi connectivity index (χ1n) is 14.3. The van der Waals surface area contributed by atoms with Gasteiger partial charge in [-0.15, -0.1) is 0 Å². The van der Waals surface area contributed by atoms with Crippen molar-refractivity contribution in [2.45, 2.75) is 43.4 Å². The van der Waals surface area contributed by atoms with Crippen molar-refractivity contribution in [1.29, 1.82) is 0 Å². The number of H-pyrrole nitrogens is 3. The summed E-state index contributed by atoms with van der Waals surface area (Å²) in [7, 11) is 0. The Hall–Kier alpha value is -5.08. The highest BCUT2D eigenvalue weighted by atomic mass is 32.1. The summed E-state index contributed by atoms with van der Waals surface area (Å²) in [5.41, 5.74) is 10.2. The van der Waals surface area contributed by atoms with Gasteiger partial charge in [-0.25, -0.2) is 9.78 Å². The molecule has 0 aliphatic heterocycles. The highest BCUT2D eigenvalue weighted by Gasteiger charge is 2.31. The van der Waals surface area contributed by atoms with Crippen LogP contribution in [0.1, 0.15) is 16.8 Å². The zero-order valence-electron chi connectivity index (χ0n) is 24.1. The molecule has 0 bridgehead atoms. The van der Waals surface area contributed by atoms with E-state index in [9.17, 15) is 24.3 Å². The Kier molecular flexibility index (Phi) is 9.85. The second-order valence-corrected chi connectivity index (χ2v) is 11.1. The van der Waals surface area contributed by atoms with Crippen LogP contribution in [-0.2, 0) is 38.4 Å². The van der Waals surface area contributed by atoms with Crippen molar-refractivity contribution in [1.82, 2.24) is 35.9 Å². The smallest absolute Gasteiger partial charge is 0.327 e. The zero-order valence-corrected chi connectivity index (χ0v) is 25.0. The molecule has 45 heavy (non-hydrogen) atoms. The molecule has 0 saturated carbocycles. The predicted octanol–water partition coefficient (Wildman–Crippen LogP) is 1.20. The third-order valence-electron chi connectivity index (χ3n) is 7.59. The highest BCUT2D eigenvalue weighted by Crippen LogP contribution is 2.20. The van der Waals surface area contributed by atoms with Crippen LogP contribution >= 0.6 is 12.6 Å². The van der Waals surface area contributed by atoms with Crippen LogP contribution < -0.4 is 21.7 Å². The van der Waals surface area contributed by atoms with E-state index >= 15 is 0 Å². The maximum atomic E-state index is 13.8. The normalized spacial score (nSPS) is 14.0. The lowest BCUT2D eigenvalue weighted by molar-refractivity contribution is -0.141. The molecule has 2 aromatic carbocycles. The van der Waals surface area contributed by atoms with Crippen LogP contribution in [-0.4, -0.2) is 78.7 Å². The number of carbonyl (C=O) groups excluding carboxylic acids is 3. The molecule has 0 aliphatic rings. The van der Waals surface area contributed by atoms with Crippen LogP contribution in [0, 0.1) is 0 Å². The SMILES string of the molecule is NC(Cc1c[nH]c2ccccc12)C(=O)NC(Cc1cnc[nH]1)C(=O)NC(Cc1c[nH]c2ccccc12)C(=O)NC(CS)C(=O)O. The summed E-state index contributed by atoms with van der Waals surface area (Å²) in [6.07, 6.45) is 6.82. The van der Waals surface area contributed by atoms with Crippen molar-refractivity contribution in [3.63, 3.8) is 0 Å². The number of hydrogen-bond acceptors (Lipinski definition) is 7. The summed E-state index contributed by atoms with van der Waals surface area (Å²) in [6, 6.07) is 10.6. The number of nitrogens with one attached hydrogen (secondary N) is 6. The Morgan fingerprint density at radius 3 is 1.84 bits per heavy atom. The first-order valence-corrected chi connectivity index (χ1v) is 14.9. The van der Waals surface area contributed by atoms with E-state index in [2.05, 4.69) is 48.5 Å². The number of carboxylic acid groups (broad SMARTS) is 1. The molecule has 0 radical (unpaired) electrons. The summed E-state index contributed by atoms with van der Waals surface area (Å²) >= 11 is 4.04. The second kappa shape index (κ2) is 14.1. The molecule has 3 heterocycles. The third kappa shape index (κ3) is 7.53. The van der Waals surface area contributed by atoms with Gasteiger partial charge in [0.15, 0.2) is 0 Å². The minimum absolute atomic E-state index is 0.0349. The Morgan fingerprint density at radius 2 is 1.29 bits per heavy atom. The Morgan fingerprint density at radius 1 is 0.756 bits per heavy atom. The lowest BCUT2D eigenvalue weighted by Gasteiger charge is -2.25. The number of aliphatic carboxylic acids is 1. The van der Waals surface area contributed by atoms with Crippen LogP contribution in [0.3, 0.4) is 0 Å². The topological polar surface area (TPSA) is 211 Å². The number of hydrogen-bond donors (Lipinski definition) is 9. The molecule has 0 spiro atoms. The number of aromatic amines is 3. The maximum Gasteiger partial charge on any atom is 0.327 e. The number of nitrogens with zero attached hydrogens (tertiary/aromatic N) is 1. The molecule has 0 saturated heterocycles. The van der Waals surface area contributed by atoms with E-state index in [4.69, 9.17) is 5.73 Å². The number of fused-ring (bicyclic) bond motifs is 2. The first-order chi connectivity index (χ1) is 21.7. The summed E-state index contributed by atoms with van der Waals surface area (Å²) in [6.45, 7) is 0. The lowest BCUT2D eigenvalue weighted by atomic mass is 10.0. The number of imidazole rings is 1. The molecule has 0 aliphatic carbocycles. The third-order valence-corrected chi connectivity index (χ3v) is 7.96. The van der Waals surface area contributed by atoms with Crippen molar-refractivity contribution in [2.24, 2.45) is 5.73 Å². The molecule has 0 fully saturated rings. The summed E-state index contributed by atoms with van der Waals surface area (Å²) < 4.78 is 0. The monoisotopic (exact) mass is 630 g/mol. The van der Waals surface area contributed by atoms with Crippen LogP contribution in [0.2, 0.25) is 0 Å². The van der Waals surface area contributed by atoms with E-state index in [1.165, 1.54) is 12.5 Å². The fourth-order valence-electron chi connectivity index (χ4n) is 5.19.